The Morgan fingerprint density at radius 2 is 1.86 bits per heavy atom. The summed E-state index contributed by atoms with van der Waals surface area (Å²) in [6, 6.07) is 2.07. The first kappa shape index (κ1) is 16.0. The van der Waals surface area contributed by atoms with Crippen molar-refractivity contribution in [1.29, 1.82) is 0 Å². The van der Waals surface area contributed by atoms with Gasteiger partial charge in [-0.2, -0.15) is 0 Å². The highest BCUT2D eigenvalue weighted by Crippen LogP contribution is 2.22. The molecule has 4 nitrogen and oxygen atoms in total. The van der Waals surface area contributed by atoms with Crippen molar-refractivity contribution >= 4 is 5.91 Å². The van der Waals surface area contributed by atoms with E-state index in [4.69, 9.17) is 0 Å². The predicted molar refractivity (Wildman–Crippen MR) is 85.3 cm³/mol. The summed E-state index contributed by atoms with van der Waals surface area (Å²) in [5.74, 6) is 0.217. The Balaban J connectivity index is 2.07. The third-order valence-electron chi connectivity index (χ3n) is 4.31. The molecule has 0 aromatic carbocycles. The van der Waals surface area contributed by atoms with E-state index in [2.05, 4.69) is 30.2 Å². The van der Waals surface area contributed by atoms with Crippen molar-refractivity contribution in [2.45, 2.75) is 59.5 Å². The lowest BCUT2D eigenvalue weighted by molar-refractivity contribution is -0.132. The van der Waals surface area contributed by atoms with E-state index in [-0.39, 0.29) is 18.0 Å². The van der Waals surface area contributed by atoms with Gasteiger partial charge in [0.25, 0.3) is 0 Å². The minimum Gasteiger partial charge on any atom is -0.341 e. The highest BCUT2D eigenvalue weighted by atomic mass is 16.2. The summed E-state index contributed by atoms with van der Waals surface area (Å²) in [7, 11) is 0. The van der Waals surface area contributed by atoms with Gasteiger partial charge in [-0.1, -0.05) is 0 Å². The molecular formula is C17H27N3O. The maximum Gasteiger partial charge on any atom is 0.239 e. The van der Waals surface area contributed by atoms with Gasteiger partial charge in [-0.25, -0.2) is 0 Å². The van der Waals surface area contributed by atoms with Crippen LogP contribution in [0.3, 0.4) is 0 Å². The molecule has 2 unspecified atom stereocenters. The van der Waals surface area contributed by atoms with Gasteiger partial charge in [0, 0.05) is 30.5 Å². The number of aryl methyl sites for hydroxylation is 3. The lowest BCUT2D eigenvalue weighted by atomic mass is 9.99. The van der Waals surface area contributed by atoms with Gasteiger partial charge in [0.05, 0.1) is 6.04 Å². The van der Waals surface area contributed by atoms with E-state index in [9.17, 15) is 4.79 Å². The van der Waals surface area contributed by atoms with Gasteiger partial charge in [0.1, 0.15) is 0 Å². The van der Waals surface area contributed by atoms with E-state index in [1.54, 1.807) is 0 Å². The highest BCUT2D eigenvalue weighted by Gasteiger charge is 2.25. The molecule has 0 spiro atoms. The maximum atomic E-state index is 12.4. The Kier molecular flexibility index (Phi) is 4.99. The Bertz CT molecular complexity index is 498. The molecule has 0 radical (unpaired) electrons. The lowest BCUT2D eigenvalue weighted by Gasteiger charge is -2.26. The van der Waals surface area contributed by atoms with Gasteiger partial charge < -0.3 is 4.90 Å². The number of pyridine rings is 1. The second-order valence-corrected chi connectivity index (χ2v) is 6.22. The molecular weight excluding hydrogens is 262 g/mol. The number of hydrogen-bond acceptors (Lipinski definition) is 3. The van der Waals surface area contributed by atoms with Gasteiger partial charge in [-0.05, 0) is 64.7 Å². The number of rotatable bonds is 4. The fourth-order valence-electron chi connectivity index (χ4n) is 3.43. The van der Waals surface area contributed by atoms with Gasteiger partial charge in [0.2, 0.25) is 5.91 Å². The molecule has 116 valence electrons. The second-order valence-electron chi connectivity index (χ2n) is 6.22. The number of amides is 1. The van der Waals surface area contributed by atoms with Crippen LogP contribution < -0.4 is 5.32 Å². The maximum absolute atomic E-state index is 12.4. The first-order valence-electron chi connectivity index (χ1n) is 7.89. The van der Waals surface area contributed by atoms with Crippen molar-refractivity contribution in [3.05, 3.63) is 28.6 Å². The molecule has 1 aromatic rings. The molecule has 2 atom stereocenters. The van der Waals surface area contributed by atoms with Crippen molar-refractivity contribution in [3.8, 4) is 0 Å². The average Bonchev–Trinajstić information content (AvgIpc) is 2.89. The quantitative estimate of drug-likeness (QED) is 0.927. The van der Waals surface area contributed by atoms with Crippen LogP contribution in [0.2, 0.25) is 0 Å². The van der Waals surface area contributed by atoms with Gasteiger partial charge in [-0.3, -0.25) is 15.1 Å². The molecule has 1 saturated heterocycles. The minimum atomic E-state index is -0.154. The molecule has 1 aromatic heterocycles. The summed E-state index contributed by atoms with van der Waals surface area (Å²) in [6.45, 7) is 12.1. The summed E-state index contributed by atoms with van der Waals surface area (Å²) in [4.78, 5) is 18.9. The summed E-state index contributed by atoms with van der Waals surface area (Å²) >= 11 is 0. The largest absolute Gasteiger partial charge is 0.341 e. The fraction of sp³-hybridized carbons (Fsp3) is 0.647. The van der Waals surface area contributed by atoms with Crippen LogP contribution in [-0.4, -0.2) is 34.9 Å². The normalized spacial score (nSPS) is 17.9. The van der Waals surface area contributed by atoms with Crippen LogP contribution >= 0.6 is 0 Å². The zero-order valence-electron chi connectivity index (χ0n) is 13.9. The van der Waals surface area contributed by atoms with E-state index in [0.717, 1.165) is 37.3 Å². The Labute approximate surface area is 127 Å². The summed E-state index contributed by atoms with van der Waals surface area (Å²) in [6.07, 6.45) is 2.27. The monoisotopic (exact) mass is 289 g/mol. The van der Waals surface area contributed by atoms with E-state index >= 15 is 0 Å². The van der Waals surface area contributed by atoms with Crippen LogP contribution in [0.1, 0.15) is 55.2 Å². The van der Waals surface area contributed by atoms with Gasteiger partial charge in [-0.15, -0.1) is 0 Å². The number of carbonyl (C=O) groups excluding carboxylic acids is 1. The van der Waals surface area contributed by atoms with E-state index in [1.165, 1.54) is 11.1 Å². The van der Waals surface area contributed by atoms with Crippen LogP contribution in [0.25, 0.3) is 0 Å². The smallest absolute Gasteiger partial charge is 0.239 e. The van der Waals surface area contributed by atoms with Gasteiger partial charge in [0.15, 0.2) is 0 Å². The fourth-order valence-corrected chi connectivity index (χ4v) is 3.43. The number of aromatic nitrogens is 1. The molecule has 2 rings (SSSR count). The van der Waals surface area contributed by atoms with Crippen molar-refractivity contribution in [1.82, 2.24) is 15.2 Å². The van der Waals surface area contributed by atoms with Crippen molar-refractivity contribution in [2.75, 3.05) is 13.1 Å². The molecule has 1 N–H and O–H groups in total. The highest BCUT2D eigenvalue weighted by molar-refractivity contribution is 5.81. The number of carbonyl (C=O) groups is 1. The molecule has 0 aliphatic carbocycles. The average molecular weight is 289 g/mol. The third kappa shape index (κ3) is 3.62. The molecule has 21 heavy (non-hydrogen) atoms. The van der Waals surface area contributed by atoms with E-state index in [0.29, 0.717) is 0 Å². The first-order chi connectivity index (χ1) is 9.90. The molecule has 1 aliphatic rings. The molecule has 2 heterocycles. The Morgan fingerprint density at radius 3 is 2.43 bits per heavy atom. The van der Waals surface area contributed by atoms with Crippen LogP contribution in [0.4, 0.5) is 0 Å². The van der Waals surface area contributed by atoms with Gasteiger partial charge >= 0.3 is 0 Å². The van der Waals surface area contributed by atoms with Crippen LogP contribution in [0, 0.1) is 20.8 Å². The Morgan fingerprint density at radius 1 is 1.24 bits per heavy atom. The molecule has 0 saturated carbocycles. The first-order valence-corrected chi connectivity index (χ1v) is 7.89. The second kappa shape index (κ2) is 6.56. The van der Waals surface area contributed by atoms with Crippen molar-refractivity contribution < 1.29 is 4.79 Å². The summed E-state index contributed by atoms with van der Waals surface area (Å²) < 4.78 is 0. The van der Waals surface area contributed by atoms with E-state index in [1.807, 2.05) is 25.7 Å². The summed E-state index contributed by atoms with van der Waals surface area (Å²) in [5.41, 5.74) is 4.54. The number of likely N-dealkylation sites (tertiary alicyclic amines) is 1. The SMILES string of the molecule is Cc1cc(C)c(C(C)NC(C)C(=O)N2CCCC2)c(C)n1. The van der Waals surface area contributed by atoms with Crippen LogP contribution in [-0.2, 0) is 4.79 Å². The zero-order chi connectivity index (χ0) is 15.6. The molecule has 1 amide bonds. The molecule has 1 aliphatic heterocycles. The van der Waals surface area contributed by atoms with Crippen LogP contribution in [0.15, 0.2) is 6.07 Å². The third-order valence-corrected chi connectivity index (χ3v) is 4.31. The number of nitrogens with one attached hydrogen (secondary N) is 1. The topological polar surface area (TPSA) is 45.2 Å². The standard InChI is InChI=1S/C17H27N3O/c1-11-10-12(2)18-13(3)16(11)14(4)19-15(5)17(21)20-8-6-7-9-20/h10,14-15,19H,6-9H2,1-5H3. The number of nitrogens with zero attached hydrogens (tertiary/aromatic N) is 2. The van der Waals surface area contributed by atoms with Crippen LogP contribution in [0.5, 0.6) is 0 Å². The molecule has 0 bridgehead atoms. The zero-order valence-corrected chi connectivity index (χ0v) is 13.9. The lowest BCUT2D eigenvalue weighted by Crippen LogP contribution is -2.44. The Hall–Kier alpha value is -1.42. The summed E-state index contributed by atoms with van der Waals surface area (Å²) in [5, 5.41) is 3.44. The number of hydrogen-bond donors (Lipinski definition) is 1. The minimum absolute atomic E-state index is 0.125. The van der Waals surface area contributed by atoms with E-state index < -0.39 is 0 Å². The van der Waals surface area contributed by atoms with Crippen molar-refractivity contribution in [3.63, 3.8) is 0 Å². The predicted octanol–water partition coefficient (Wildman–Crippen LogP) is 2.67. The van der Waals surface area contributed by atoms with Crippen molar-refractivity contribution in [2.24, 2.45) is 0 Å². The molecule has 1 fully saturated rings. The molecule has 4 heteroatoms.